The molecule has 0 bridgehead atoms. The van der Waals surface area contributed by atoms with Crippen LogP contribution in [0.25, 0.3) is 0 Å². The number of esters is 2. The number of nitrogens with zero attached hydrogens (tertiary/aromatic N) is 1. The van der Waals surface area contributed by atoms with Crippen LogP contribution in [0.15, 0.2) is 60.7 Å². The molecule has 0 aliphatic heterocycles. The highest BCUT2D eigenvalue weighted by molar-refractivity contribution is 5.77. The van der Waals surface area contributed by atoms with Gasteiger partial charge in [0.25, 0.3) is 0 Å². The Hall–Kier alpha value is -2.66. The third kappa shape index (κ3) is 7.92. The normalized spacial score (nSPS) is 21.3. The number of hydrogen-bond acceptors (Lipinski definition) is 5. The van der Waals surface area contributed by atoms with Crippen LogP contribution in [0.2, 0.25) is 0 Å². The Morgan fingerprint density at radius 3 is 1.97 bits per heavy atom. The molecule has 0 spiro atoms. The van der Waals surface area contributed by atoms with E-state index < -0.39 is 17.1 Å². The first-order valence-corrected chi connectivity index (χ1v) is 13.1. The van der Waals surface area contributed by atoms with Crippen LogP contribution in [0.3, 0.4) is 0 Å². The Labute approximate surface area is 217 Å². The first kappa shape index (κ1) is 27.9. The summed E-state index contributed by atoms with van der Waals surface area (Å²) in [6, 6.07) is 20.8. The van der Waals surface area contributed by atoms with Crippen LogP contribution >= 0.6 is 0 Å². The van der Waals surface area contributed by atoms with Crippen molar-refractivity contribution >= 4 is 11.9 Å². The fourth-order valence-corrected chi connectivity index (χ4v) is 5.23. The van der Waals surface area contributed by atoms with Gasteiger partial charge in [-0.15, -0.1) is 0 Å². The molecule has 1 fully saturated rings. The van der Waals surface area contributed by atoms with Crippen molar-refractivity contribution in [2.75, 3.05) is 0 Å². The van der Waals surface area contributed by atoms with Gasteiger partial charge in [0.2, 0.25) is 0 Å². The van der Waals surface area contributed by atoms with Gasteiger partial charge in [-0.1, -0.05) is 60.7 Å². The second-order valence-corrected chi connectivity index (χ2v) is 12.0. The van der Waals surface area contributed by atoms with Gasteiger partial charge in [0, 0.05) is 25.0 Å². The van der Waals surface area contributed by atoms with Gasteiger partial charge in [-0.2, -0.15) is 0 Å². The highest BCUT2D eigenvalue weighted by Gasteiger charge is 2.47. The lowest BCUT2D eigenvalue weighted by Crippen LogP contribution is -2.45. The van der Waals surface area contributed by atoms with E-state index in [9.17, 15) is 9.59 Å². The zero-order valence-electron chi connectivity index (χ0n) is 23.0. The molecule has 0 unspecified atom stereocenters. The average molecular weight is 494 g/mol. The maximum absolute atomic E-state index is 13.7. The molecule has 5 nitrogen and oxygen atoms in total. The third-order valence-corrected chi connectivity index (χ3v) is 6.70. The molecule has 196 valence electrons. The number of hydrogen-bond donors (Lipinski definition) is 0. The molecule has 2 aromatic carbocycles. The van der Waals surface area contributed by atoms with Gasteiger partial charge in [-0.3, -0.25) is 14.5 Å². The molecule has 4 atom stereocenters. The van der Waals surface area contributed by atoms with Gasteiger partial charge in [0.15, 0.2) is 0 Å². The molecule has 5 heteroatoms. The minimum atomic E-state index is -0.601. The van der Waals surface area contributed by atoms with Crippen molar-refractivity contribution in [1.29, 1.82) is 0 Å². The summed E-state index contributed by atoms with van der Waals surface area (Å²) in [5.74, 6) is -1.02. The first-order valence-electron chi connectivity index (χ1n) is 13.1. The summed E-state index contributed by atoms with van der Waals surface area (Å²) in [6.45, 7) is 14.2. The molecule has 0 amide bonds. The van der Waals surface area contributed by atoms with Gasteiger partial charge in [-0.25, -0.2) is 0 Å². The predicted molar refractivity (Wildman–Crippen MR) is 143 cm³/mol. The van der Waals surface area contributed by atoms with E-state index >= 15 is 0 Å². The summed E-state index contributed by atoms with van der Waals surface area (Å²) in [7, 11) is 0. The molecule has 0 radical (unpaired) electrons. The van der Waals surface area contributed by atoms with E-state index in [2.05, 4.69) is 48.2 Å². The molecule has 3 rings (SSSR count). The number of carbonyl (C=O) groups excluding carboxylic acids is 2. The highest BCUT2D eigenvalue weighted by atomic mass is 16.6. The van der Waals surface area contributed by atoms with Crippen molar-refractivity contribution in [2.45, 2.75) is 97.6 Å². The lowest BCUT2D eigenvalue weighted by molar-refractivity contribution is -0.165. The summed E-state index contributed by atoms with van der Waals surface area (Å²) < 4.78 is 11.6. The van der Waals surface area contributed by atoms with Crippen molar-refractivity contribution in [3.63, 3.8) is 0 Å². The highest BCUT2D eigenvalue weighted by Crippen LogP contribution is 2.42. The maximum atomic E-state index is 13.7. The molecule has 0 heterocycles. The largest absolute Gasteiger partial charge is 0.460 e. The summed E-state index contributed by atoms with van der Waals surface area (Å²) in [6.07, 6.45) is 1.82. The van der Waals surface area contributed by atoms with Crippen LogP contribution in [-0.4, -0.2) is 34.1 Å². The molecule has 36 heavy (non-hydrogen) atoms. The van der Waals surface area contributed by atoms with Gasteiger partial charge in [-0.05, 0) is 78.4 Å². The van der Waals surface area contributed by atoms with E-state index in [0.29, 0.717) is 6.54 Å². The van der Waals surface area contributed by atoms with Gasteiger partial charge >= 0.3 is 11.9 Å². The number of carbonyl (C=O) groups is 2. The molecule has 1 saturated carbocycles. The van der Waals surface area contributed by atoms with Crippen molar-refractivity contribution in [2.24, 2.45) is 11.8 Å². The molecule has 0 N–H and O–H groups in total. The quantitative estimate of drug-likeness (QED) is 0.382. The van der Waals surface area contributed by atoms with E-state index in [1.165, 1.54) is 11.1 Å². The predicted octanol–water partition coefficient (Wildman–Crippen LogP) is 6.72. The standard InChI is InChI=1S/C31H43NO4/c1-22(24-16-12-9-13-17-24)32(21-23-14-10-8-11-15-23)26-19-18-25(20-27(33)35-30(2,3)4)28(26)29(34)36-31(5,6)7/h8-17,22,25-26,28H,18-21H2,1-7H3/t22-,25-,26-,28-/m1/s1. The Kier molecular flexibility index (Phi) is 8.99. The zero-order valence-corrected chi connectivity index (χ0v) is 23.0. The fraction of sp³-hybridized carbons (Fsp3) is 0.548. The van der Waals surface area contributed by atoms with E-state index in [-0.39, 0.29) is 36.4 Å². The summed E-state index contributed by atoms with van der Waals surface area (Å²) >= 11 is 0. The van der Waals surface area contributed by atoms with Crippen LogP contribution in [0.4, 0.5) is 0 Å². The van der Waals surface area contributed by atoms with Crippen LogP contribution in [-0.2, 0) is 25.6 Å². The lowest BCUT2D eigenvalue weighted by Gasteiger charge is -2.39. The Morgan fingerprint density at radius 1 is 0.861 bits per heavy atom. The number of ether oxygens (including phenoxy) is 2. The molecule has 1 aliphatic rings. The van der Waals surface area contributed by atoms with Crippen molar-refractivity contribution < 1.29 is 19.1 Å². The molecular weight excluding hydrogens is 450 g/mol. The van der Waals surface area contributed by atoms with Crippen molar-refractivity contribution in [3.8, 4) is 0 Å². The molecular formula is C31H43NO4. The van der Waals surface area contributed by atoms with Crippen LogP contribution < -0.4 is 0 Å². The van der Waals surface area contributed by atoms with Gasteiger partial charge in [0.05, 0.1) is 5.92 Å². The van der Waals surface area contributed by atoms with Gasteiger partial charge in [0.1, 0.15) is 11.2 Å². The monoisotopic (exact) mass is 493 g/mol. The van der Waals surface area contributed by atoms with Crippen molar-refractivity contribution in [1.82, 2.24) is 4.90 Å². The second kappa shape index (κ2) is 11.6. The maximum Gasteiger partial charge on any atom is 0.311 e. The van der Waals surface area contributed by atoms with Crippen LogP contribution in [0, 0.1) is 11.8 Å². The summed E-state index contributed by atoms with van der Waals surface area (Å²) in [5, 5.41) is 0. The molecule has 1 aliphatic carbocycles. The summed E-state index contributed by atoms with van der Waals surface area (Å²) in [4.78, 5) is 28.9. The number of benzene rings is 2. The van der Waals surface area contributed by atoms with E-state index in [0.717, 1.165) is 12.8 Å². The lowest BCUT2D eigenvalue weighted by atomic mass is 9.88. The smallest absolute Gasteiger partial charge is 0.311 e. The van der Waals surface area contributed by atoms with Crippen LogP contribution in [0.5, 0.6) is 0 Å². The Balaban J connectivity index is 1.96. The van der Waals surface area contributed by atoms with E-state index in [1.807, 2.05) is 65.8 Å². The summed E-state index contributed by atoms with van der Waals surface area (Å²) in [5.41, 5.74) is 1.24. The first-order chi connectivity index (χ1) is 16.8. The van der Waals surface area contributed by atoms with Gasteiger partial charge < -0.3 is 9.47 Å². The minimum Gasteiger partial charge on any atom is -0.460 e. The topological polar surface area (TPSA) is 55.8 Å². The number of rotatable bonds is 8. The fourth-order valence-electron chi connectivity index (χ4n) is 5.23. The van der Waals surface area contributed by atoms with E-state index in [1.54, 1.807) is 0 Å². The minimum absolute atomic E-state index is 0.0531. The third-order valence-electron chi connectivity index (χ3n) is 6.70. The Bertz CT molecular complexity index is 991. The zero-order chi connectivity index (χ0) is 26.5. The van der Waals surface area contributed by atoms with E-state index in [4.69, 9.17) is 9.47 Å². The SMILES string of the molecule is C[C@H](c1ccccc1)N(Cc1ccccc1)[C@@H]1CC[C@H](CC(=O)OC(C)(C)C)[C@H]1C(=O)OC(C)(C)C. The van der Waals surface area contributed by atoms with Crippen LogP contribution in [0.1, 0.15) is 84.9 Å². The second-order valence-electron chi connectivity index (χ2n) is 12.0. The molecule has 2 aromatic rings. The van der Waals surface area contributed by atoms with Crippen molar-refractivity contribution in [3.05, 3.63) is 71.8 Å². The molecule has 0 aromatic heterocycles. The Morgan fingerprint density at radius 2 is 1.42 bits per heavy atom. The average Bonchev–Trinajstić information content (AvgIpc) is 3.19. The molecule has 0 saturated heterocycles.